The number of urea groups is 1. The molecule has 1 unspecified atom stereocenters. The van der Waals surface area contributed by atoms with E-state index < -0.39 is 6.03 Å². The Balaban J connectivity index is 1.36. The Bertz CT molecular complexity index is 1320. The third-order valence-electron chi connectivity index (χ3n) is 7.55. The summed E-state index contributed by atoms with van der Waals surface area (Å²) in [6.07, 6.45) is 4.57. The van der Waals surface area contributed by atoms with Crippen molar-refractivity contribution < 1.29 is 19.1 Å². The Morgan fingerprint density at radius 1 is 1.31 bits per heavy atom. The van der Waals surface area contributed by atoms with Gasteiger partial charge in [-0.25, -0.2) is 14.8 Å². The number of aldehydes is 1. The number of nitrogens with zero attached hydrogens (tertiary/aromatic N) is 7. The number of fused-ring (bicyclic) bond motifs is 1. The van der Waals surface area contributed by atoms with E-state index in [2.05, 4.69) is 31.2 Å². The van der Waals surface area contributed by atoms with E-state index in [-0.39, 0.29) is 24.8 Å². The quantitative estimate of drug-likeness (QED) is 0.551. The van der Waals surface area contributed by atoms with E-state index in [1.807, 2.05) is 20.2 Å². The molecule has 3 amide bonds. The first-order chi connectivity index (χ1) is 18.9. The molecule has 12 nitrogen and oxygen atoms in total. The highest BCUT2D eigenvalue weighted by Crippen LogP contribution is 2.30. The molecule has 204 valence electrons. The van der Waals surface area contributed by atoms with Gasteiger partial charge in [-0.05, 0) is 45.0 Å². The minimum Gasteiger partial charge on any atom is -0.370 e. The van der Waals surface area contributed by atoms with Crippen LogP contribution in [-0.2, 0) is 22.5 Å². The highest BCUT2D eigenvalue weighted by molar-refractivity contribution is 6.02. The van der Waals surface area contributed by atoms with Gasteiger partial charge in [0.1, 0.15) is 30.0 Å². The van der Waals surface area contributed by atoms with Crippen molar-refractivity contribution in [2.24, 2.45) is 0 Å². The van der Waals surface area contributed by atoms with Gasteiger partial charge in [0, 0.05) is 56.6 Å². The first-order valence-corrected chi connectivity index (χ1v) is 13.1. The van der Waals surface area contributed by atoms with Crippen molar-refractivity contribution in [3.05, 3.63) is 40.7 Å². The molecular weight excluding hydrogens is 500 g/mol. The molecule has 0 aliphatic carbocycles. The Hall–Kier alpha value is -4.08. The normalized spacial score (nSPS) is 19.2. The van der Waals surface area contributed by atoms with Gasteiger partial charge in [0.25, 0.3) is 0 Å². The predicted molar refractivity (Wildman–Crippen MR) is 144 cm³/mol. The maximum atomic E-state index is 13.4. The highest BCUT2D eigenvalue weighted by Gasteiger charge is 2.29. The van der Waals surface area contributed by atoms with Crippen molar-refractivity contribution >= 4 is 35.5 Å². The standard InChI is InChI=1S/C27H32N8O4/c1-32(2)21-5-7-33(15-21)23-11-24(29-13-20(23)12-28)31-27(38)35-6-3-4-18-10-19(22(16-36)30-26(18)35)14-34-8-9-39-17-25(34)37/h10-11,13,16,21H,3-9,14-15,17H2,1-2H3,(H,29,31,38). The molecule has 3 aliphatic heterocycles. The molecule has 1 N–H and O–H groups in total. The predicted octanol–water partition coefficient (Wildman–Crippen LogP) is 1.64. The number of carbonyl (C=O) groups excluding carboxylic acids is 3. The van der Waals surface area contributed by atoms with Gasteiger partial charge in [0.15, 0.2) is 6.29 Å². The van der Waals surface area contributed by atoms with Gasteiger partial charge in [-0.2, -0.15) is 5.26 Å². The van der Waals surface area contributed by atoms with Crippen LogP contribution in [0, 0.1) is 11.3 Å². The largest absolute Gasteiger partial charge is 0.370 e. The average molecular weight is 533 g/mol. The van der Waals surface area contributed by atoms with Crippen molar-refractivity contribution in [2.45, 2.75) is 31.8 Å². The zero-order valence-electron chi connectivity index (χ0n) is 22.2. The molecule has 39 heavy (non-hydrogen) atoms. The number of morpholine rings is 1. The first-order valence-electron chi connectivity index (χ1n) is 13.1. The van der Waals surface area contributed by atoms with Crippen molar-refractivity contribution in [1.82, 2.24) is 19.8 Å². The van der Waals surface area contributed by atoms with E-state index in [0.717, 1.165) is 37.2 Å². The summed E-state index contributed by atoms with van der Waals surface area (Å²) in [5.74, 6) is 0.643. The molecule has 12 heteroatoms. The lowest BCUT2D eigenvalue weighted by atomic mass is 10.0. The number of anilines is 3. The number of hydrogen-bond donors (Lipinski definition) is 1. The second-order valence-electron chi connectivity index (χ2n) is 10.2. The van der Waals surface area contributed by atoms with Crippen molar-refractivity contribution in [3.8, 4) is 6.07 Å². The summed E-state index contributed by atoms with van der Waals surface area (Å²) >= 11 is 0. The Morgan fingerprint density at radius 3 is 2.87 bits per heavy atom. The fraction of sp³-hybridized carbons (Fsp3) is 0.481. The van der Waals surface area contributed by atoms with E-state index in [9.17, 15) is 19.6 Å². The molecule has 0 aromatic carbocycles. The number of aromatic nitrogens is 2. The van der Waals surface area contributed by atoms with Crippen LogP contribution in [0.15, 0.2) is 18.3 Å². The molecule has 0 saturated carbocycles. The Labute approximate surface area is 227 Å². The number of carbonyl (C=O) groups is 3. The molecule has 5 rings (SSSR count). The second-order valence-corrected chi connectivity index (χ2v) is 10.2. The minimum atomic E-state index is -0.410. The second kappa shape index (κ2) is 11.3. The van der Waals surface area contributed by atoms with Gasteiger partial charge in [-0.3, -0.25) is 19.8 Å². The molecule has 0 radical (unpaired) electrons. The van der Waals surface area contributed by atoms with Crippen LogP contribution in [0.1, 0.15) is 40.0 Å². The van der Waals surface area contributed by atoms with Crippen LogP contribution in [0.2, 0.25) is 0 Å². The fourth-order valence-corrected chi connectivity index (χ4v) is 5.33. The third kappa shape index (κ3) is 5.55. The minimum absolute atomic E-state index is 0.0296. The highest BCUT2D eigenvalue weighted by atomic mass is 16.5. The number of rotatable bonds is 6. The first kappa shape index (κ1) is 26.5. The number of hydrogen-bond acceptors (Lipinski definition) is 9. The molecule has 0 spiro atoms. The van der Waals surface area contributed by atoms with E-state index >= 15 is 0 Å². The third-order valence-corrected chi connectivity index (χ3v) is 7.55. The number of nitriles is 1. The zero-order valence-corrected chi connectivity index (χ0v) is 22.2. The van der Waals surface area contributed by atoms with Crippen molar-refractivity contribution in [3.63, 3.8) is 0 Å². The molecule has 3 aliphatic rings. The van der Waals surface area contributed by atoms with E-state index in [1.54, 1.807) is 11.0 Å². The average Bonchev–Trinajstić information content (AvgIpc) is 3.44. The van der Waals surface area contributed by atoms with Crippen LogP contribution in [0.3, 0.4) is 0 Å². The van der Waals surface area contributed by atoms with Crippen molar-refractivity contribution in [2.75, 3.05) is 68.6 Å². The van der Waals surface area contributed by atoms with Gasteiger partial charge in [-0.15, -0.1) is 0 Å². The number of amides is 3. The number of nitrogens with one attached hydrogen (secondary N) is 1. The number of pyridine rings is 2. The molecule has 0 bridgehead atoms. The molecule has 1 atom stereocenters. The van der Waals surface area contributed by atoms with Crippen LogP contribution in [0.5, 0.6) is 0 Å². The fourth-order valence-electron chi connectivity index (χ4n) is 5.33. The van der Waals surface area contributed by atoms with Gasteiger partial charge >= 0.3 is 6.03 Å². The summed E-state index contributed by atoms with van der Waals surface area (Å²) in [6, 6.07) is 5.80. The van der Waals surface area contributed by atoms with Crippen LogP contribution in [0.25, 0.3) is 0 Å². The van der Waals surface area contributed by atoms with Crippen molar-refractivity contribution in [1.29, 1.82) is 5.26 Å². The van der Waals surface area contributed by atoms with E-state index in [4.69, 9.17) is 4.74 Å². The summed E-state index contributed by atoms with van der Waals surface area (Å²) in [5, 5.41) is 12.5. The van der Waals surface area contributed by atoms with E-state index in [0.29, 0.717) is 61.2 Å². The molecule has 2 aromatic heterocycles. The maximum Gasteiger partial charge on any atom is 0.328 e. The van der Waals surface area contributed by atoms with E-state index in [1.165, 1.54) is 11.1 Å². The summed E-state index contributed by atoms with van der Waals surface area (Å²) in [7, 11) is 4.09. The van der Waals surface area contributed by atoms with Crippen LogP contribution in [0.4, 0.5) is 22.1 Å². The van der Waals surface area contributed by atoms with Gasteiger partial charge in [0.05, 0.1) is 17.9 Å². The SMILES string of the molecule is CN(C)C1CCN(c2cc(NC(=O)N3CCCc4cc(CN5CCOCC5=O)c(C=O)nc43)ncc2C#N)C1. The Morgan fingerprint density at radius 2 is 2.15 bits per heavy atom. The van der Waals surface area contributed by atoms with Gasteiger partial charge in [-0.1, -0.05) is 0 Å². The smallest absolute Gasteiger partial charge is 0.328 e. The Kier molecular flexibility index (Phi) is 7.72. The number of ether oxygens (including phenoxy) is 1. The summed E-state index contributed by atoms with van der Waals surface area (Å²) in [6.45, 7) is 3.24. The van der Waals surface area contributed by atoms with Gasteiger partial charge in [0.2, 0.25) is 5.91 Å². The summed E-state index contributed by atoms with van der Waals surface area (Å²) < 4.78 is 5.20. The monoisotopic (exact) mass is 532 g/mol. The van der Waals surface area contributed by atoms with Crippen LogP contribution < -0.4 is 15.1 Å². The molecule has 5 heterocycles. The van der Waals surface area contributed by atoms with Crippen LogP contribution in [-0.4, -0.2) is 97.5 Å². The number of aryl methyl sites for hydroxylation is 1. The summed E-state index contributed by atoms with van der Waals surface area (Å²) in [5.41, 5.74) is 2.91. The lowest BCUT2D eigenvalue weighted by molar-refractivity contribution is -0.143. The lowest BCUT2D eigenvalue weighted by Crippen LogP contribution is -2.42. The lowest BCUT2D eigenvalue weighted by Gasteiger charge is -2.31. The maximum absolute atomic E-state index is 13.4. The molecule has 2 saturated heterocycles. The molecule has 2 fully saturated rings. The number of likely N-dealkylation sites (N-methyl/N-ethyl adjacent to an activating group) is 1. The van der Waals surface area contributed by atoms with Gasteiger partial charge < -0.3 is 19.4 Å². The summed E-state index contributed by atoms with van der Waals surface area (Å²) in [4.78, 5) is 53.9. The topological polar surface area (TPSA) is 135 Å². The molecular formula is C27H32N8O4. The van der Waals surface area contributed by atoms with Crippen LogP contribution >= 0.6 is 0 Å². The zero-order chi connectivity index (χ0) is 27.5. The molecule has 2 aromatic rings.